The molecule has 88 valence electrons. The van der Waals surface area contributed by atoms with Gasteiger partial charge in [0.2, 0.25) is 0 Å². The van der Waals surface area contributed by atoms with Gasteiger partial charge in [-0.1, -0.05) is 22.0 Å². The normalized spacial score (nSPS) is 15.8. The number of nitrogens with one attached hydrogen (secondary N) is 1. The van der Waals surface area contributed by atoms with Crippen molar-refractivity contribution in [2.24, 2.45) is 0 Å². The van der Waals surface area contributed by atoms with Crippen LogP contribution in [0.3, 0.4) is 0 Å². The van der Waals surface area contributed by atoms with Crippen LogP contribution in [0.15, 0.2) is 22.7 Å². The van der Waals surface area contributed by atoms with Crippen molar-refractivity contribution < 1.29 is 4.84 Å². The third kappa shape index (κ3) is 2.56. The van der Waals surface area contributed by atoms with E-state index < -0.39 is 0 Å². The highest BCUT2D eigenvalue weighted by Gasteiger charge is 2.16. The highest BCUT2D eigenvalue weighted by Crippen LogP contribution is 2.30. The molecular weight excluding hydrogens is 268 g/mol. The third-order valence-electron chi connectivity index (χ3n) is 2.93. The summed E-state index contributed by atoms with van der Waals surface area (Å²) in [4.78, 5) is 7.37. The predicted octanol–water partition coefficient (Wildman–Crippen LogP) is 2.70. The van der Waals surface area contributed by atoms with Gasteiger partial charge in [0.1, 0.15) is 0 Å². The fourth-order valence-corrected chi connectivity index (χ4v) is 2.62. The van der Waals surface area contributed by atoms with Crippen molar-refractivity contribution >= 4 is 21.6 Å². The van der Waals surface area contributed by atoms with E-state index in [9.17, 15) is 0 Å². The van der Waals surface area contributed by atoms with Gasteiger partial charge in [-0.2, -0.15) is 5.48 Å². The zero-order valence-electron chi connectivity index (χ0n) is 9.50. The summed E-state index contributed by atoms with van der Waals surface area (Å²) in [6, 6.07) is 6.35. The van der Waals surface area contributed by atoms with E-state index in [0.717, 1.165) is 24.1 Å². The zero-order valence-corrected chi connectivity index (χ0v) is 11.1. The van der Waals surface area contributed by atoms with Gasteiger partial charge in [0, 0.05) is 35.4 Å². The maximum absolute atomic E-state index is 4.93. The highest BCUT2D eigenvalue weighted by atomic mass is 79.9. The molecule has 0 unspecified atom stereocenters. The predicted molar refractivity (Wildman–Crippen MR) is 69.4 cm³/mol. The lowest BCUT2D eigenvalue weighted by molar-refractivity contribution is 0.0866. The van der Waals surface area contributed by atoms with Gasteiger partial charge in [-0.3, -0.25) is 0 Å². The largest absolute Gasteiger partial charge is 0.371 e. The number of halogens is 1. The number of rotatable bonds is 4. The Morgan fingerprint density at radius 1 is 1.38 bits per heavy atom. The van der Waals surface area contributed by atoms with Crippen molar-refractivity contribution in [3.63, 3.8) is 0 Å². The standard InChI is InChI=1S/C12H17BrN2O/c1-16-14-9-10-11(13)5-4-6-12(10)15-7-2-3-8-15/h4-6,14H,2-3,7-9H2,1H3. The lowest BCUT2D eigenvalue weighted by Crippen LogP contribution is -2.21. The summed E-state index contributed by atoms with van der Waals surface area (Å²) in [6.45, 7) is 3.05. The van der Waals surface area contributed by atoms with Gasteiger partial charge in [-0.25, -0.2) is 0 Å². The molecule has 0 aromatic heterocycles. The fraction of sp³-hybridized carbons (Fsp3) is 0.500. The van der Waals surface area contributed by atoms with Gasteiger partial charge in [0.15, 0.2) is 0 Å². The van der Waals surface area contributed by atoms with E-state index in [0.29, 0.717) is 0 Å². The third-order valence-corrected chi connectivity index (χ3v) is 3.68. The van der Waals surface area contributed by atoms with Crippen molar-refractivity contribution in [1.82, 2.24) is 5.48 Å². The Morgan fingerprint density at radius 3 is 2.81 bits per heavy atom. The molecule has 1 N–H and O–H groups in total. The zero-order chi connectivity index (χ0) is 11.4. The Bertz CT molecular complexity index is 351. The number of hydrogen-bond acceptors (Lipinski definition) is 3. The maximum atomic E-state index is 4.93. The number of benzene rings is 1. The summed E-state index contributed by atoms with van der Waals surface area (Å²) in [6.07, 6.45) is 2.59. The number of hydrogen-bond donors (Lipinski definition) is 1. The second kappa shape index (κ2) is 5.66. The molecule has 1 aromatic rings. The first kappa shape index (κ1) is 11.9. The average molecular weight is 285 g/mol. The summed E-state index contributed by atoms with van der Waals surface area (Å²) in [5.74, 6) is 0. The first-order valence-corrected chi connectivity index (χ1v) is 6.40. The van der Waals surface area contributed by atoms with Gasteiger partial charge in [0.25, 0.3) is 0 Å². The van der Waals surface area contributed by atoms with Crippen molar-refractivity contribution in [1.29, 1.82) is 0 Å². The summed E-state index contributed by atoms with van der Waals surface area (Å²) >= 11 is 3.60. The number of hydroxylamine groups is 1. The number of nitrogens with zero attached hydrogens (tertiary/aromatic N) is 1. The van der Waals surface area contributed by atoms with Gasteiger partial charge >= 0.3 is 0 Å². The van der Waals surface area contributed by atoms with E-state index in [2.05, 4.69) is 44.5 Å². The van der Waals surface area contributed by atoms with Crippen molar-refractivity contribution in [3.8, 4) is 0 Å². The lowest BCUT2D eigenvalue weighted by atomic mass is 10.1. The Labute approximate surface area is 105 Å². The van der Waals surface area contributed by atoms with Crippen LogP contribution in [0.4, 0.5) is 5.69 Å². The molecule has 16 heavy (non-hydrogen) atoms. The second-order valence-electron chi connectivity index (χ2n) is 3.96. The van der Waals surface area contributed by atoms with Gasteiger partial charge in [-0.15, -0.1) is 0 Å². The van der Waals surface area contributed by atoms with E-state index in [4.69, 9.17) is 4.84 Å². The molecule has 4 heteroatoms. The molecule has 1 saturated heterocycles. The molecular formula is C12H17BrN2O. The van der Waals surface area contributed by atoms with Crippen LogP contribution in [-0.4, -0.2) is 20.2 Å². The maximum Gasteiger partial charge on any atom is 0.0572 e. The van der Waals surface area contributed by atoms with Crippen molar-refractivity contribution in [3.05, 3.63) is 28.2 Å². The van der Waals surface area contributed by atoms with E-state index >= 15 is 0 Å². The number of anilines is 1. The molecule has 1 aromatic carbocycles. The molecule has 0 bridgehead atoms. The van der Waals surface area contributed by atoms with Crippen molar-refractivity contribution in [2.45, 2.75) is 19.4 Å². The Hall–Kier alpha value is -0.580. The summed E-state index contributed by atoms with van der Waals surface area (Å²) in [5.41, 5.74) is 5.50. The molecule has 1 heterocycles. The van der Waals surface area contributed by atoms with E-state index in [1.807, 2.05) is 0 Å². The van der Waals surface area contributed by atoms with Gasteiger partial charge < -0.3 is 9.74 Å². The monoisotopic (exact) mass is 284 g/mol. The van der Waals surface area contributed by atoms with Crippen LogP contribution < -0.4 is 10.4 Å². The summed E-state index contributed by atoms with van der Waals surface area (Å²) in [7, 11) is 1.65. The van der Waals surface area contributed by atoms with Crippen LogP contribution >= 0.6 is 15.9 Å². The van der Waals surface area contributed by atoms with Crippen LogP contribution in [0, 0.1) is 0 Å². The topological polar surface area (TPSA) is 24.5 Å². The molecule has 0 radical (unpaired) electrons. The quantitative estimate of drug-likeness (QED) is 0.861. The lowest BCUT2D eigenvalue weighted by Gasteiger charge is -2.22. The molecule has 0 amide bonds. The van der Waals surface area contributed by atoms with E-state index in [1.165, 1.54) is 24.1 Å². The minimum atomic E-state index is 0.726. The Kier molecular flexibility index (Phi) is 4.21. The Balaban J connectivity index is 2.24. The SMILES string of the molecule is CONCc1c(Br)cccc1N1CCCC1. The minimum absolute atomic E-state index is 0.726. The molecule has 0 atom stereocenters. The van der Waals surface area contributed by atoms with Crippen LogP contribution in [0.25, 0.3) is 0 Å². The molecule has 0 saturated carbocycles. The first-order chi connectivity index (χ1) is 7.83. The molecule has 1 aliphatic rings. The minimum Gasteiger partial charge on any atom is -0.371 e. The molecule has 0 aliphatic carbocycles. The van der Waals surface area contributed by atoms with Crippen LogP contribution in [0.5, 0.6) is 0 Å². The van der Waals surface area contributed by atoms with Gasteiger partial charge in [-0.05, 0) is 25.0 Å². The highest BCUT2D eigenvalue weighted by molar-refractivity contribution is 9.10. The van der Waals surface area contributed by atoms with Crippen LogP contribution in [0.1, 0.15) is 18.4 Å². The fourth-order valence-electron chi connectivity index (χ4n) is 2.12. The average Bonchev–Trinajstić information content (AvgIpc) is 2.80. The summed E-state index contributed by atoms with van der Waals surface area (Å²) in [5, 5.41) is 0. The smallest absolute Gasteiger partial charge is 0.0572 e. The molecule has 2 rings (SSSR count). The first-order valence-electron chi connectivity index (χ1n) is 5.61. The van der Waals surface area contributed by atoms with Crippen LogP contribution in [-0.2, 0) is 11.4 Å². The van der Waals surface area contributed by atoms with Crippen molar-refractivity contribution in [2.75, 3.05) is 25.1 Å². The Morgan fingerprint density at radius 2 is 2.12 bits per heavy atom. The van der Waals surface area contributed by atoms with E-state index in [1.54, 1.807) is 7.11 Å². The second-order valence-corrected chi connectivity index (χ2v) is 4.81. The molecule has 1 fully saturated rings. The van der Waals surface area contributed by atoms with Gasteiger partial charge in [0.05, 0.1) is 7.11 Å². The summed E-state index contributed by atoms with van der Waals surface area (Å²) < 4.78 is 1.14. The molecule has 0 spiro atoms. The molecule has 3 nitrogen and oxygen atoms in total. The molecule has 1 aliphatic heterocycles. The van der Waals surface area contributed by atoms with Crippen LogP contribution in [0.2, 0.25) is 0 Å². The van der Waals surface area contributed by atoms with E-state index in [-0.39, 0.29) is 0 Å².